The molecule has 3 rings (SSSR count). The number of fused-ring (bicyclic) bond motifs is 2. The predicted molar refractivity (Wildman–Crippen MR) is 87.4 cm³/mol. The fraction of sp³-hybridized carbons (Fsp3) is 0.833. The van der Waals surface area contributed by atoms with Crippen LogP contribution in [-0.2, 0) is 19.4 Å². The van der Waals surface area contributed by atoms with Gasteiger partial charge in [0.15, 0.2) is 0 Å². The van der Waals surface area contributed by atoms with Crippen LogP contribution < -0.4 is 5.32 Å². The van der Waals surface area contributed by atoms with Gasteiger partial charge in [-0.15, -0.1) is 0 Å². The average molecular weight is 289 g/mol. The maximum absolute atomic E-state index is 4.99. The normalized spacial score (nSPS) is 29.2. The van der Waals surface area contributed by atoms with Crippen molar-refractivity contribution >= 4 is 0 Å². The van der Waals surface area contributed by atoms with Crippen molar-refractivity contribution in [2.75, 3.05) is 7.05 Å². The fourth-order valence-electron chi connectivity index (χ4n) is 4.82. The quantitative estimate of drug-likeness (QED) is 0.865. The Morgan fingerprint density at radius 1 is 1.24 bits per heavy atom. The van der Waals surface area contributed by atoms with E-state index in [9.17, 15) is 0 Å². The van der Waals surface area contributed by atoms with Crippen LogP contribution in [-0.4, -0.2) is 16.8 Å². The highest BCUT2D eigenvalue weighted by atomic mass is 15.3. The summed E-state index contributed by atoms with van der Waals surface area (Å²) in [5.41, 5.74) is 4.24. The van der Waals surface area contributed by atoms with Crippen molar-refractivity contribution in [2.45, 2.75) is 71.9 Å². The third kappa shape index (κ3) is 2.65. The smallest absolute Gasteiger partial charge is 0.0672 e. The molecule has 2 saturated carbocycles. The number of hydrogen-bond donors (Lipinski definition) is 1. The molecule has 1 aromatic heterocycles. The molecule has 0 spiro atoms. The summed E-state index contributed by atoms with van der Waals surface area (Å²) in [5.74, 6) is 2.90. The molecule has 1 heterocycles. The molecule has 3 heteroatoms. The molecule has 2 fully saturated rings. The first-order valence-corrected chi connectivity index (χ1v) is 8.93. The highest BCUT2D eigenvalue weighted by molar-refractivity contribution is 5.30. The number of aromatic nitrogens is 2. The second-order valence-electron chi connectivity index (χ2n) is 7.14. The van der Waals surface area contributed by atoms with Crippen LogP contribution in [0.25, 0.3) is 0 Å². The van der Waals surface area contributed by atoms with Gasteiger partial charge >= 0.3 is 0 Å². The van der Waals surface area contributed by atoms with Crippen molar-refractivity contribution in [3.8, 4) is 0 Å². The van der Waals surface area contributed by atoms with Crippen molar-refractivity contribution in [3.05, 3.63) is 17.0 Å². The molecular weight excluding hydrogens is 258 g/mol. The molecule has 0 aromatic carbocycles. The lowest BCUT2D eigenvalue weighted by molar-refractivity contribution is 0.282. The molecule has 2 aliphatic rings. The van der Waals surface area contributed by atoms with E-state index in [0.717, 1.165) is 37.1 Å². The lowest BCUT2D eigenvalue weighted by Crippen LogP contribution is -2.20. The number of nitrogens with zero attached hydrogens (tertiary/aromatic N) is 2. The molecule has 118 valence electrons. The largest absolute Gasteiger partial charge is 0.313 e. The van der Waals surface area contributed by atoms with Gasteiger partial charge < -0.3 is 5.32 Å². The zero-order valence-corrected chi connectivity index (χ0v) is 14.2. The summed E-state index contributed by atoms with van der Waals surface area (Å²) >= 11 is 0. The molecule has 0 amide bonds. The van der Waals surface area contributed by atoms with Gasteiger partial charge in [-0.1, -0.05) is 20.3 Å². The summed E-state index contributed by atoms with van der Waals surface area (Å²) in [6, 6.07) is 0.406. The van der Waals surface area contributed by atoms with E-state index in [0.29, 0.717) is 6.04 Å². The van der Waals surface area contributed by atoms with Crippen molar-refractivity contribution in [1.82, 2.24) is 15.1 Å². The van der Waals surface area contributed by atoms with Gasteiger partial charge in [0.1, 0.15) is 0 Å². The third-order valence-electron chi connectivity index (χ3n) is 6.00. The first kappa shape index (κ1) is 15.1. The van der Waals surface area contributed by atoms with Gasteiger partial charge in [-0.2, -0.15) is 5.10 Å². The Bertz CT molecular complexity index is 491. The SMILES string of the molecule is CCc1nn(CC2CC3CCC2C3)c(CC)c1C(C)NC. The minimum Gasteiger partial charge on any atom is -0.313 e. The van der Waals surface area contributed by atoms with Gasteiger partial charge in [0.2, 0.25) is 0 Å². The monoisotopic (exact) mass is 289 g/mol. The van der Waals surface area contributed by atoms with E-state index in [-0.39, 0.29) is 0 Å². The maximum atomic E-state index is 4.99. The van der Waals surface area contributed by atoms with Crippen LogP contribution in [0.1, 0.15) is 69.4 Å². The molecule has 0 aliphatic heterocycles. The van der Waals surface area contributed by atoms with Gasteiger partial charge in [-0.3, -0.25) is 4.68 Å². The van der Waals surface area contributed by atoms with Crippen molar-refractivity contribution < 1.29 is 0 Å². The van der Waals surface area contributed by atoms with Crippen LogP contribution in [0, 0.1) is 17.8 Å². The molecule has 21 heavy (non-hydrogen) atoms. The number of nitrogens with one attached hydrogen (secondary N) is 1. The number of aryl methyl sites for hydroxylation is 1. The lowest BCUT2D eigenvalue weighted by Gasteiger charge is -2.22. The van der Waals surface area contributed by atoms with Gasteiger partial charge in [0.05, 0.1) is 5.69 Å². The van der Waals surface area contributed by atoms with Crippen LogP contribution in [0.15, 0.2) is 0 Å². The van der Waals surface area contributed by atoms with E-state index < -0.39 is 0 Å². The second kappa shape index (κ2) is 6.12. The molecule has 1 N–H and O–H groups in total. The molecule has 4 unspecified atom stereocenters. The predicted octanol–water partition coefficient (Wildman–Crippen LogP) is 3.72. The summed E-state index contributed by atoms with van der Waals surface area (Å²) in [5, 5.41) is 8.40. The Hall–Kier alpha value is -0.830. The Morgan fingerprint density at radius 2 is 2.05 bits per heavy atom. The third-order valence-corrected chi connectivity index (χ3v) is 6.00. The zero-order valence-electron chi connectivity index (χ0n) is 14.2. The molecule has 0 saturated heterocycles. The van der Waals surface area contributed by atoms with E-state index in [1.54, 1.807) is 0 Å². The van der Waals surface area contributed by atoms with E-state index in [1.807, 2.05) is 0 Å². The molecular formula is C18H31N3. The molecule has 2 bridgehead atoms. The van der Waals surface area contributed by atoms with Gasteiger partial charge in [-0.05, 0) is 63.8 Å². The molecule has 4 atom stereocenters. The summed E-state index contributed by atoms with van der Waals surface area (Å²) in [6.45, 7) is 7.93. The Labute approximate surface area is 129 Å². The van der Waals surface area contributed by atoms with E-state index >= 15 is 0 Å². The summed E-state index contributed by atoms with van der Waals surface area (Å²) < 4.78 is 2.37. The van der Waals surface area contributed by atoms with E-state index in [1.165, 1.54) is 42.6 Å². The van der Waals surface area contributed by atoms with Crippen molar-refractivity contribution in [1.29, 1.82) is 0 Å². The first-order valence-electron chi connectivity index (χ1n) is 8.93. The Morgan fingerprint density at radius 3 is 2.57 bits per heavy atom. The van der Waals surface area contributed by atoms with Crippen LogP contribution in [0.3, 0.4) is 0 Å². The highest BCUT2D eigenvalue weighted by Gasteiger charge is 2.39. The minimum absolute atomic E-state index is 0.406. The zero-order chi connectivity index (χ0) is 15.0. The minimum atomic E-state index is 0.406. The van der Waals surface area contributed by atoms with Gasteiger partial charge in [-0.25, -0.2) is 0 Å². The molecule has 1 aromatic rings. The molecule has 0 radical (unpaired) electrons. The molecule has 2 aliphatic carbocycles. The van der Waals surface area contributed by atoms with Crippen LogP contribution in [0.5, 0.6) is 0 Å². The second-order valence-corrected chi connectivity index (χ2v) is 7.14. The number of hydrogen-bond acceptors (Lipinski definition) is 2. The molecule has 3 nitrogen and oxygen atoms in total. The van der Waals surface area contributed by atoms with Gasteiger partial charge in [0.25, 0.3) is 0 Å². The lowest BCUT2D eigenvalue weighted by atomic mass is 9.89. The fourth-order valence-corrected chi connectivity index (χ4v) is 4.82. The highest BCUT2D eigenvalue weighted by Crippen LogP contribution is 2.49. The number of rotatable bonds is 6. The van der Waals surface area contributed by atoms with Crippen molar-refractivity contribution in [2.24, 2.45) is 17.8 Å². The topological polar surface area (TPSA) is 29.9 Å². The van der Waals surface area contributed by atoms with Crippen LogP contribution in [0.4, 0.5) is 0 Å². The standard InChI is InChI=1S/C18H31N3/c1-5-16-18(12(3)19-4)17(6-2)21(20-16)11-15-10-13-7-8-14(15)9-13/h12-15,19H,5-11H2,1-4H3. The van der Waals surface area contributed by atoms with E-state index in [4.69, 9.17) is 5.10 Å². The van der Waals surface area contributed by atoms with Crippen LogP contribution in [0.2, 0.25) is 0 Å². The van der Waals surface area contributed by atoms with Crippen molar-refractivity contribution in [3.63, 3.8) is 0 Å². The summed E-state index contributed by atoms with van der Waals surface area (Å²) in [4.78, 5) is 0. The Balaban J connectivity index is 1.86. The van der Waals surface area contributed by atoms with E-state index in [2.05, 4.69) is 37.8 Å². The Kier molecular flexibility index (Phi) is 4.39. The summed E-state index contributed by atoms with van der Waals surface area (Å²) in [7, 11) is 2.05. The summed E-state index contributed by atoms with van der Waals surface area (Å²) in [6.07, 6.45) is 8.04. The average Bonchev–Trinajstić information content (AvgIpc) is 3.19. The van der Waals surface area contributed by atoms with Crippen LogP contribution >= 0.6 is 0 Å². The van der Waals surface area contributed by atoms with Gasteiger partial charge in [0, 0.05) is 23.8 Å². The first-order chi connectivity index (χ1) is 10.2. The maximum Gasteiger partial charge on any atom is 0.0672 e.